The number of nitrogens with one attached hydrogen (secondary N) is 1. The van der Waals surface area contributed by atoms with Gasteiger partial charge in [0.1, 0.15) is 6.04 Å². The number of benzene rings is 2. The minimum atomic E-state index is -0.376. The van der Waals surface area contributed by atoms with E-state index < -0.39 is 0 Å². The van der Waals surface area contributed by atoms with Gasteiger partial charge in [0.15, 0.2) is 0 Å². The van der Waals surface area contributed by atoms with E-state index in [4.69, 9.17) is 5.73 Å². The third kappa shape index (κ3) is 4.76. The molecule has 2 aromatic carbocycles. The summed E-state index contributed by atoms with van der Waals surface area (Å²) in [6.45, 7) is 1.18. The van der Waals surface area contributed by atoms with Gasteiger partial charge in [-0.15, -0.1) is 12.4 Å². The van der Waals surface area contributed by atoms with Crippen LogP contribution >= 0.6 is 12.4 Å². The van der Waals surface area contributed by atoms with Crippen LogP contribution in [0.3, 0.4) is 0 Å². The third-order valence-electron chi connectivity index (χ3n) is 4.53. The van der Waals surface area contributed by atoms with Gasteiger partial charge < -0.3 is 16.0 Å². The Morgan fingerprint density at radius 2 is 1.77 bits per heavy atom. The van der Waals surface area contributed by atoms with Crippen molar-refractivity contribution >= 4 is 29.9 Å². The molecule has 0 bridgehead atoms. The zero-order chi connectivity index (χ0) is 17.6. The summed E-state index contributed by atoms with van der Waals surface area (Å²) in [5.41, 5.74) is 8.15. The number of rotatable bonds is 5. The Kier molecular flexibility index (Phi) is 7.04. The molecule has 6 heteroatoms. The number of nitrogens with two attached hydrogens (primary N) is 1. The van der Waals surface area contributed by atoms with Gasteiger partial charge in [0.2, 0.25) is 5.91 Å². The van der Waals surface area contributed by atoms with Crippen LogP contribution in [0.15, 0.2) is 54.6 Å². The zero-order valence-corrected chi connectivity index (χ0v) is 15.4. The molecule has 5 nitrogen and oxygen atoms in total. The van der Waals surface area contributed by atoms with Crippen molar-refractivity contribution in [1.29, 1.82) is 0 Å². The predicted octanol–water partition coefficient (Wildman–Crippen LogP) is 2.65. The highest BCUT2D eigenvalue weighted by molar-refractivity contribution is 5.97. The molecule has 2 aromatic rings. The monoisotopic (exact) mass is 373 g/mol. The molecular formula is C20H24ClN3O2. The average molecular weight is 374 g/mol. The van der Waals surface area contributed by atoms with Gasteiger partial charge in [-0.2, -0.15) is 0 Å². The van der Waals surface area contributed by atoms with E-state index in [1.54, 1.807) is 17.0 Å². The van der Waals surface area contributed by atoms with Gasteiger partial charge in [0, 0.05) is 24.3 Å². The number of likely N-dealkylation sites (tertiary alicyclic amines) is 1. The van der Waals surface area contributed by atoms with Crippen LogP contribution in [0, 0.1) is 0 Å². The Bertz CT molecular complexity index is 734. The molecule has 0 spiro atoms. The van der Waals surface area contributed by atoms with Crippen molar-refractivity contribution in [2.75, 3.05) is 18.8 Å². The summed E-state index contributed by atoms with van der Waals surface area (Å²) >= 11 is 0. The molecular weight excluding hydrogens is 350 g/mol. The number of anilines is 1. The van der Waals surface area contributed by atoms with Crippen molar-refractivity contribution in [3.05, 3.63) is 65.7 Å². The second-order valence-electron chi connectivity index (χ2n) is 6.31. The molecule has 0 aromatic heterocycles. The molecule has 1 heterocycles. The summed E-state index contributed by atoms with van der Waals surface area (Å²) in [6, 6.07) is 16.4. The number of nitrogen functional groups attached to an aromatic ring is 1. The van der Waals surface area contributed by atoms with Crippen molar-refractivity contribution in [2.45, 2.75) is 25.3 Å². The van der Waals surface area contributed by atoms with Crippen LogP contribution in [0.25, 0.3) is 0 Å². The molecule has 3 rings (SSSR count). The molecule has 0 aliphatic carbocycles. The Morgan fingerprint density at radius 1 is 1.08 bits per heavy atom. The van der Waals surface area contributed by atoms with E-state index in [0.29, 0.717) is 25.1 Å². The Labute approximate surface area is 160 Å². The summed E-state index contributed by atoms with van der Waals surface area (Å²) in [5, 5.41) is 2.96. The van der Waals surface area contributed by atoms with Crippen LogP contribution in [0.4, 0.5) is 5.69 Å². The lowest BCUT2D eigenvalue weighted by molar-refractivity contribution is -0.124. The lowest BCUT2D eigenvalue weighted by atomic mass is 10.1. The Balaban J connectivity index is 0.00000243. The minimum absolute atomic E-state index is 0. The number of carbonyl (C=O) groups excluding carboxylic acids is 2. The van der Waals surface area contributed by atoms with Gasteiger partial charge in [-0.1, -0.05) is 30.3 Å². The molecule has 3 N–H and O–H groups in total. The molecule has 1 aliphatic heterocycles. The topological polar surface area (TPSA) is 75.4 Å². The highest BCUT2D eigenvalue weighted by Gasteiger charge is 2.34. The molecule has 1 aliphatic rings. The second-order valence-corrected chi connectivity index (χ2v) is 6.31. The predicted molar refractivity (Wildman–Crippen MR) is 105 cm³/mol. The van der Waals surface area contributed by atoms with Gasteiger partial charge in [-0.25, -0.2) is 0 Å². The van der Waals surface area contributed by atoms with Gasteiger partial charge >= 0.3 is 0 Å². The van der Waals surface area contributed by atoms with E-state index in [-0.39, 0.29) is 30.3 Å². The van der Waals surface area contributed by atoms with Crippen molar-refractivity contribution in [2.24, 2.45) is 0 Å². The molecule has 0 saturated carbocycles. The minimum Gasteiger partial charge on any atom is -0.399 e. The van der Waals surface area contributed by atoms with Crippen LogP contribution < -0.4 is 11.1 Å². The SMILES string of the molecule is Cl.Nc1ccc(CCNC(=O)C2CCCN2C(=O)c2ccccc2)cc1. The quantitative estimate of drug-likeness (QED) is 0.791. The van der Waals surface area contributed by atoms with Crippen LogP contribution in [0.1, 0.15) is 28.8 Å². The number of amides is 2. The van der Waals surface area contributed by atoms with Crippen molar-refractivity contribution in [3.8, 4) is 0 Å². The Morgan fingerprint density at radius 3 is 2.46 bits per heavy atom. The molecule has 1 saturated heterocycles. The van der Waals surface area contributed by atoms with E-state index in [1.165, 1.54) is 0 Å². The van der Waals surface area contributed by atoms with Crippen molar-refractivity contribution in [1.82, 2.24) is 10.2 Å². The third-order valence-corrected chi connectivity index (χ3v) is 4.53. The molecule has 1 fully saturated rings. The first-order chi connectivity index (χ1) is 12.1. The van der Waals surface area contributed by atoms with Crippen LogP contribution in [0.2, 0.25) is 0 Å². The molecule has 1 atom stereocenters. The standard InChI is InChI=1S/C20H23N3O2.ClH/c21-17-10-8-15(9-11-17)12-13-22-19(24)18-7-4-14-23(18)20(25)16-5-2-1-3-6-16;/h1-3,5-6,8-11,18H,4,7,12-14,21H2,(H,22,24);1H. The fraction of sp³-hybridized carbons (Fsp3) is 0.300. The van der Waals surface area contributed by atoms with Gasteiger partial charge in [0.05, 0.1) is 0 Å². The summed E-state index contributed by atoms with van der Waals surface area (Å²) in [7, 11) is 0. The number of nitrogens with zero attached hydrogens (tertiary/aromatic N) is 1. The lowest BCUT2D eigenvalue weighted by Gasteiger charge is -2.24. The molecule has 138 valence electrons. The number of carbonyl (C=O) groups is 2. The summed E-state index contributed by atoms with van der Waals surface area (Å²) in [4.78, 5) is 26.8. The summed E-state index contributed by atoms with van der Waals surface area (Å²) in [5.74, 6) is -0.144. The van der Waals surface area contributed by atoms with Crippen molar-refractivity contribution < 1.29 is 9.59 Å². The van der Waals surface area contributed by atoms with Crippen LogP contribution in [0.5, 0.6) is 0 Å². The van der Waals surface area contributed by atoms with Gasteiger partial charge in [0.25, 0.3) is 5.91 Å². The van der Waals surface area contributed by atoms with Crippen LogP contribution in [-0.2, 0) is 11.2 Å². The fourth-order valence-electron chi connectivity index (χ4n) is 3.16. The van der Waals surface area contributed by atoms with E-state index in [1.807, 2.05) is 42.5 Å². The first-order valence-electron chi connectivity index (χ1n) is 8.63. The van der Waals surface area contributed by atoms with E-state index >= 15 is 0 Å². The zero-order valence-electron chi connectivity index (χ0n) is 14.6. The molecule has 26 heavy (non-hydrogen) atoms. The maximum atomic E-state index is 12.6. The largest absolute Gasteiger partial charge is 0.399 e. The van der Waals surface area contributed by atoms with E-state index in [2.05, 4.69) is 5.32 Å². The van der Waals surface area contributed by atoms with Crippen LogP contribution in [-0.4, -0.2) is 35.8 Å². The second kappa shape index (κ2) is 9.25. The summed E-state index contributed by atoms with van der Waals surface area (Å²) in [6.07, 6.45) is 2.31. The normalized spacial score (nSPS) is 16.0. The van der Waals surface area contributed by atoms with Gasteiger partial charge in [-0.3, -0.25) is 9.59 Å². The summed E-state index contributed by atoms with van der Waals surface area (Å²) < 4.78 is 0. The van der Waals surface area contributed by atoms with Crippen molar-refractivity contribution in [3.63, 3.8) is 0 Å². The first-order valence-corrected chi connectivity index (χ1v) is 8.63. The fourth-order valence-corrected chi connectivity index (χ4v) is 3.16. The molecule has 1 unspecified atom stereocenters. The van der Waals surface area contributed by atoms with Gasteiger partial charge in [-0.05, 0) is 49.1 Å². The number of hydrogen-bond acceptors (Lipinski definition) is 3. The van der Waals surface area contributed by atoms with E-state index in [9.17, 15) is 9.59 Å². The Hall–Kier alpha value is -2.53. The smallest absolute Gasteiger partial charge is 0.254 e. The molecule has 0 radical (unpaired) electrons. The maximum absolute atomic E-state index is 12.6. The average Bonchev–Trinajstić information content (AvgIpc) is 3.13. The van der Waals surface area contributed by atoms with E-state index in [0.717, 1.165) is 24.1 Å². The number of hydrogen-bond donors (Lipinski definition) is 2. The molecule has 2 amide bonds. The number of halogens is 1. The highest BCUT2D eigenvalue weighted by Crippen LogP contribution is 2.20. The lowest BCUT2D eigenvalue weighted by Crippen LogP contribution is -2.46. The maximum Gasteiger partial charge on any atom is 0.254 e. The highest BCUT2D eigenvalue weighted by atomic mass is 35.5. The first kappa shape index (κ1) is 19.8.